The lowest BCUT2D eigenvalue weighted by Gasteiger charge is -2.01. The van der Waals surface area contributed by atoms with E-state index < -0.39 is 5.97 Å². The molecule has 0 saturated carbocycles. The van der Waals surface area contributed by atoms with Gasteiger partial charge in [0, 0.05) is 6.20 Å². The first-order valence-electron chi connectivity index (χ1n) is 5.13. The number of hydrogen-bond acceptors (Lipinski definition) is 6. The first kappa shape index (κ1) is 11.3. The maximum Gasteiger partial charge on any atom is 0.344 e. The number of aromatic nitrogens is 3. The van der Waals surface area contributed by atoms with Crippen molar-refractivity contribution >= 4 is 5.97 Å². The molecule has 0 atom stereocenters. The molecule has 0 radical (unpaired) electrons. The number of hydrogen-bond donors (Lipinski definition) is 0. The zero-order chi connectivity index (χ0) is 12.3. The van der Waals surface area contributed by atoms with Crippen LogP contribution in [0, 0.1) is 6.92 Å². The Labute approximate surface area is 97.6 Å². The average molecular weight is 233 g/mol. The molecule has 0 N–H and O–H groups in total. The van der Waals surface area contributed by atoms with Crippen LogP contribution in [0.5, 0.6) is 0 Å². The summed E-state index contributed by atoms with van der Waals surface area (Å²) in [5.41, 5.74) is 1.22. The van der Waals surface area contributed by atoms with E-state index in [0.29, 0.717) is 29.3 Å². The van der Waals surface area contributed by atoms with E-state index in [2.05, 4.69) is 15.1 Å². The molecule has 0 spiro atoms. The number of aryl methyl sites for hydroxylation is 1. The minimum Gasteiger partial charge on any atom is -0.462 e. The highest BCUT2D eigenvalue weighted by molar-refractivity contribution is 5.96. The largest absolute Gasteiger partial charge is 0.462 e. The van der Waals surface area contributed by atoms with Crippen molar-refractivity contribution in [1.29, 1.82) is 0 Å². The van der Waals surface area contributed by atoms with Crippen molar-refractivity contribution in [3.05, 3.63) is 29.9 Å². The van der Waals surface area contributed by atoms with Crippen LogP contribution < -0.4 is 0 Å². The summed E-state index contributed by atoms with van der Waals surface area (Å²) < 4.78 is 9.95. The number of nitrogens with zero attached hydrogens (tertiary/aromatic N) is 3. The summed E-state index contributed by atoms with van der Waals surface area (Å²) >= 11 is 0. The van der Waals surface area contributed by atoms with Crippen LogP contribution in [-0.2, 0) is 4.74 Å². The maximum absolute atomic E-state index is 11.8. The van der Waals surface area contributed by atoms with Crippen LogP contribution in [0.4, 0.5) is 0 Å². The molecule has 2 rings (SSSR count). The Balaban J connectivity index is 2.46. The van der Waals surface area contributed by atoms with Gasteiger partial charge in [-0.2, -0.15) is 0 Å². The van der Waals surface area contributed by atoms with Crippen molar-refractivity contribution in [3.63, 3.8) is 0 Å². The molecule has 0 unspecified atom stereocenters. The van der Waals surface area contributed by atoms with E-state index in [1.54, 1.807) is 26.1 Å². The monoisotopic (exact) mass is 233 g/mol. The molecular formula is C11H11N3O3. The molecule has 0 aliphatic heterocycles. The van der Waals surface area contributed by atoms with Gasteiger partial charge in [0.25, 0.3) is 0 Å². The predicted molar refractivity (Wildman–Crippen MR) is 58.2 cm³/mol. The second kappa shape index (κ2) is 4.73. The van der Waals surface area contributed by atoms with E-state index in [4.69, 9.17) is 9.26 Å². The molecule has 6 nitrogen and oxygen atoms in total. The van der Waals surface area contributed by atoms with Crippen LogP contribution in [0.3, 0.4) is 0 Å². The third-order valence-electron chi connectivity index (χ3n) is 2.17. The van der Waals surface area contributed by atoms with Gasteiger partial charge in [0.1, 0.15) is 23.3 Å². The van der Waals surface area contributed by atoms with Crippen LogP contribution in [0.1, 0.15) is 23.0 Å². The Bertz CT molecular complexity index is 522. The molecule has 17 heavy (non-hydrogen) atoms. The molecule has 2 aromatic rings. The minimum atomic E-state index is -0.458. The van der Waals surface area contributed by atoms with E-state index in [9.17, 15) is 4.79 Å². The fourth-order valence-corrected chi connectivity index (χ4v) is 1.42. The van der Waals surface area contributed by atoms with Crippen LogP contribution in [0.15, 0.2) is 23.1 Å². The molecule has 6 heteroatoms. The number of ether oxygens (including phenoxy) is 1. The molecule has 0 aliphatic rings. The third-order valence-corrected chi connectivity index (χ3v) is 2.17. The van der Waals surface area contributed by atoms with E-state index in [1.807, 2.05) is 0 Å². The highest BCUT2D eigenvalue weighted by Gasteiger charge is 2.23. The summed E-state index contributed by atoms with van der Waals surface area (Å²) in [7, 11) is 0. The van der Waals surface area contributed by atoms with Crippen molar-refractivity contribution in [2.45, 2.75) is 13.8 Å². The van der Waals surface area contributed by atoms with Gasteiger partial charge in [-0.3, -0.25) is 0 Å². The van der Waals surface area contributed by atoms with Crippen LogP contribution in [0.25, 0.3) is 11.4 Å². The summed E-state index contributed by atoms with van der Waals surface area (Å²) in [6, 6.07) is 1.65. The molecular weight excluding hydrogens is 222 g/mol. The number of esters is 1. The summed E-state index contributed by atoms with van der Waals surface area (Å²) in [6.45, 7) is 3.70. The lowest BCUT2D eigenvalue weighted by molar-refractivity contribution is 0.0525. The van der Waals surface area contributed by atoms with Gasteiger partial charge in [0.15, 0.2) is 0 Å². The Morgan fingerprint density at radius 2 is 2.35 bits per heavy atom. The SMILES string of the molecule is CCOC(=O)c1c(-c2ccncn2)noc1C. The third kappa shape index (κ3) is 2.15. The van der Waals surface area contributed by atoms with Gasteiger partial charge < -0.3 is 9.26 Å². The topological polar surface area (TPSA) is 78.1 Å². The molecule has 0 bridgehead atoms. The Morgan fingerprint density at radius 3 is 3.00 bits per heavy atom. The van der Waals surface area contributed by atoms with E-state index in [1.165, 1.54) is 6.33 Å². The molecule has 0 fully saturated rings. The molecule has 0 saturated heterocycles. The Hall–Kier alpha value is -2.24. The molecule has 88 valence electrons. The van der Waals surface area contributed by atoms with Crippen LogP contribution in [0.2, 0.25) is 0 Å². The van der Waals surface area contributed by atoms with Gasteiger partial charge >= 0.3 is 5.97 Å². The quantitative estimate of drug-likeness (QED) is 0.749. The van der Waals surface area contributed by atoms with Gasteiger partial charge in [0.2, 0.25) is 0 Å². The smallest absolute Gasteiger partial charge is 0.344 e. The standard InChI is InChI=1S/C11H11N3O3/c1-3-16-11(15)9-7(2)17-14-10(9)8-4-5-12-6-13-8/h4-6H,3H2,1-2H3. The van der Waals surface area contributed by atoms with Gasteiger partial charge in [-0.25, -0.2) is 14.8 Å². The lowest BCUT2D eigenvalue weighted by atomic mass is 10.1. The van der Waals surface area contributed by atoms with Crippen LogP contribution >= 0.6 is 0 Å². The summed E-state index contributed by atoms with van der Waals surface area (Å²) in [4.78, 5) is 19.6. The molecule has 0 amide bonds. The molecule has 2 aromatic heterocycles. The summed E-state index contributed by atoms with van der Waals surface area (Å²) in [6.07, 6.45) is 2.95. The van der Waals surface area contributed by atoms with Crippen LogP contribution in [-0.4, -0.2) is 27.7 Å². The zero-order valence-corrected chi connectivity index (χ0v) is 9.51. The average Bonchev–Trinajstić information content (AvgIpc) is 2.73. The molecule has 0 aliphatic carbocycles. The fraction of sp³-hybridized carbons (Fsp3) is 0.273. The molecule has 2 heterocycles. The second-order valence-electron chi connectivity index (χ2n) is 3.28. The van der Waals surface area contributed by atoms with Gasteiger partial charge in [0.05, 0.1) is 12.3 Å². The number of rotatable bonds is 3. The van der Waals surface area contributed by atoms with E-state index in [-0.39, 0.29) is 0 Å². The van der Waals surface area contributed by atoms with E-state index in [0.717, 1.165) is 0 Å². The Kier molecular flexibility index (Phi) is 3.13. The predicted octanol–water partition coefficient (Wildman–Crippen LogP) is 1.62. The normalized spacial score (nSPS) is 10.2. The second-order valence-corrected chi connectivity index (χ2v) is 3.28. The Morgan fingerprint density at radius 1 is 1.53 bits per heavy atom. The number of carbonyl (C=O) groups excluding carboxylic acids is 1. The van der Waals surface area contributed by atoms with Gasteiger partial charge in [-0.05, 0) is 19.9 Å². The van der Waals surface area contributed by atoms with Crippen molar-refractivity contribution in [2.24, 2.45) is 0 Å². The first-order valence-corrected chi connectivity index (χ1v) is 5.13. The molecule has 0 aromatic carbocycles. The van der Waals surface area contributed by atoms with Gasteiger partial charge in [-0.15, -0.1) is 0 Å². The van der Waals surface area contributed by atoms with Gasteiger partial charge in [-0.1, -0.05) is 5.16 Å². The summed E-state index contributed by atoms with van der Waals surface area (Å²) in [5.74, 6) is -0.0445. The first-order chi connectivity index (χ1) is 8.24. The summed E-state index contributed by atoms with van der Waals surface area (Å²) in [5, 5.41) is 3.82. The highest BCUT2D eigenvalue weighted by atomic mass is 16.5. The zero-order valence-electron chi connectivity index (χ0n) is 9.51. The van der Waals surface area contributed by atoms with Crippen molar-refractivity contribution < 1.29 is 14.1 Å². The fourth-order valence-electron chi connectivity index (χ4n) is 1.42. The van der Waals surface area contributed by atoms with Crippen molar-refractivity contribution in [3.8, 4) is 11.4 Å². The van der Waals surface area contributed by atoms with Crippen molar-refractivity contribution in [2.75, 3.05) is 6.61 Å². The lowest BCUT2D eigenvalue weighted by Crippen LogP contribution is -2.07. The highest BCUT2D eigenvalue weighted by Crippen LogP contribution is 2.23. The van der Waals surface area contributed by atoms with Crippen molar-refractivity contribution in [1.82, 2.24) is 15.1 Å². The minimum absolute atomic E-state index is 0.298. The maximum atomic E-state index is 11.8. The van der Waals surface area contributed by atoms with E-state index >= 15 is 0 Å². The number of carbonyl (C=O) groups is 1.